The third-order valence-corrected chi connectivity index (χ3v) is 0.884. The summed E-state index contributed by atoms with van der Waals surface area (Å²) >= 11 is 0. The van der Waals surface area contributed by atoms with Gasteiger partial charge in [0.25, 0.3) is 0 Å². The monoisotopic (exact) mass is 99.1 g/mol. The predicted molar refractivity (Wildman–Crippen MR) is 28.9 cm³/mol. The van der Waals surface area contributed by atoms with Crippen molar-refractivity contribution >= 4 is 5.84 Å². The Hall–Kier alpha value is -0.730. The third-order valence-electron chi connectivity index (χ3n) is 0.884. The van der Waals surface area contributed by atoms with Crippen LogP contribution in [0.15, 0.2) is 5.10 Å². The van der Waals surface area contributed by atoms with Gasteiger partial charge >= 0.3 is 0 Å². The highest BCUT2D eigenvalue weighted by Gasteiger charge is 2.00. The van der Waals surface area contributed by atoms with Crippen LogP contribution in [0.2, 0.25) is 0 Å². The first-order chi connectivity index (χ1) is 3.29. The fraction of sp³-hybridized carbons (Fsp3) is 0.750. The van der Waals surface area contributed by atoms with Crippen molar-refractivity contribution in [3.63, 3.8) is 0 Å². The van der Waals surface area contributed by atoms with Crippen molar-refractivity contribution in [2.24, 2.45) is 5.10 Å². The van der Waals surface area contributed by atoms with Crippen LogP contribution in [0, 0.1) is 0 Å². The van der Waals surface area contributed by atoms with Gasteiger partial charge < -0.3 is 5.32 Å². The molecule has 40 valence electrons. The summed E-state index contributed by atoms with van der Waals surface area (Å²) < 4.78 is 0. The van der Waals surface area contributed by atoms with E-state index in [0.29, 0.717) is 0 Å². The summed E-state index contributed by atoms with van der Waals surface area (Å²) in [6.45, 7) is 2.80. The number of rotatable bonds is 0. The van der Waals surface area contributed by atoms with E-state index < -0.39 is 0 Å². The summed E-state index contributed by atoms with van der Waals surface area (Å²) in [6, 6.07) is 0. The molecule has 0 atom stereocenters. The topological polar surface area (TPSA) is 27.6 Å². The maximum absolute atomic E-state index is 4.03. The average Bonchev–Trinajstić information content (AvgIpc) is 1.87. The minimum Gasteiger partial charge on any atom is -0.354 e. The van der Waals surface area contributed by atoms with Crippen molar-refractivity contribution in [1.82, 2.24) is 10.3 Å². The quantitative estimate of drug-likeness (QED) is 0.456. The summed E-state index contributed by atoms with van der Waals surface area (Å²) in [6.07, 6.45) is 0. The SMILES string of the molecule is CC1=NN(C)CN1. The lowest BCUT2D eigenvalue weighted by Gasteiger charge is -1.99. The number of hydrogen-bond donors (Lipinski definition) is 1. The summed E-state index contributed by atoms with van der Waals surface area (Å²) in [5.74, 6) is 1.00. The van der Waals surface area contributed by atoms with Crippen molar-refractivity contribution in [3.8, 4) is 0 Å². The molecule has 0 bridgehead atoms. The Morgan fingerprint density at radius 1 is 1.86 bits per heavy atom. The molecule has 7 heavy (non-hydrogen) atoms. The Morgan fingerprint density at radius 2 is 2.57 bits per heavy atom. The minimum atomic E-state index is 0.853. The lowest BCUT2D eigenvalue weighted by molar-refractivity contribution is 0.380. The van der Waals surface area contributed by atoms with E-state index in [9.17, 15) is 0 Å². The van der Waals surface area contributed by atoms with E-state index in [2.05, 4.69) is 10.4 Å². The molecule has 0 aliphatic carbocycles. The van der Waals surface area contributed by atoms with Crippen LogP contribution in [-0.4, -0.2) is 24.6 Å². The van der Waals surface area contributed by atoms with Crippen LogP contribution in [0.1, 0.15) is 6.92 Å². The molecule has 0 radical (unpaired) electrons. The van der Waals surface area contributed by atoms with E-state index in [0.717, 1.165) is 12.5 Å². The highest BCUT2D eigenvalue weighted by atomic mass is 15.5. The Labute approximate surface area is 43.0 Å². The maximum Gasteiger partial charge on any atom is 0.120 e. The molecule has 0 spiro atoms. The van der Waals surface area contributed by atoms with Crippen molar-refractivity contribution in [1.29, 1.82) is 0 Å². The Bertz CT molecular complexity index is 97.1. The molecule has 0 fully saturated rings. The largest absolute Gasteiger partial charge is 0.354 e. The van der Waals surface area contributed by atoms with Gasteiger partial charge in [-0.15, -0.1) is 0 Å². The normalized spacial score (nSPS) is 19.1. The first-order valence-corrected chi connectivity index (χ1v) is 2.29. The molecule has 0 aromatic rings. The van der Waals surface area contributed by atoms with E-state index in [1.165, 1.54) is 0 Å². The van der Waals surface area contributed by atoms with Crippen LogP contribution in [0.5, 0.6) is 0 Å². The van der Waals surface area contributed by atoms with Crippen molar-refractivity contribution in [3.05, 3.63) is 0 Å². The van der Waals surface area contributed by atoms with E-state index in [4.69, 9.17) is 0 Å². The van der Waals surface area contributed by atoms with Crippen LogP contribution in [0.4, 0.5) is 0 Å². The van der Waals surface area contributed by atoms with Crippen LogP contribution in [0.3, 0.4) is 0 Å². The number of nitrogens with zero attached hydrogens (tertiary/aromatic N) is 2. The maximum atomic E-state index is 4.03. The fourth-order valence-corrected chi connectivity index (χ4v) is 0.556. The fourth-order valence-electron chi connectivity index (χ4n) is 0.556. The van der Waals surface area contributed by atoms with E-state index in [1.54, 1.807) is 0 Å². The first-order valence-electron chi connectivity index (χ1n) is 2.29. The molecule has 0 aromatic carbocycles. The molecule has 0 amide bonds. The van der Waals surface area contributed by atoms with Crippen molar-refractivity contribution < 1.29 is 0 Å². The molecule has 0 aromatic heterocycles. The van der Waals surface area contributed by atoms with E-state index in [1.807, 2.05) is 19.0 Å². The second-order valence-electron chi connectivity index (χ2n) is 1.68. The average molecular weight is 99.1 g/mol. The second-order valence-corrected chi connectivity index (χ2v) is 1.68. The van der Waals surface area contributed by atoms with Crippen LogP contribution in [0.25, 0.3) is 0 Å². The van der Waals surface area contributed by atoms with Gasteiger partial charge in [-0.05, 0) is 6.92 Å². The molecule has 1 aliphatic heterocycles. The smallest absolute Gasteiger partial charge is 0.120 e. The van der Waals surface area contributed by atoms with E-state index in [-0.39, 0.29) is 0 Å². The Kier molecular flexibility index (Phi) is 0.889. The zero-order chi connectivity index (χ0) is 5.28. The number of amidine groups is 1. The van der Waals surface area contributed by atoms with Crippen LogP contribution >= 0.6 is 0 Å². The molecule has 1 rings (SSSR count). The van der Waals surface area contributed by atoms with E-state index >= 15 is 0 Å². The lowest BCUT2D eigenvalue weighted by Crippen LogP contribution is -2.19. The Morgan fingerprint density at radius 3 is 2.71 bits per heavy atom. The molecule has 0 unspecified atom stereocenters. The molecule has 1 heterocycles. The van der Waals surface area contributed by atoms with Gasteiger partial charge in [0.15, 0.2) is 0 Å². The molecule has 3 heteroatoms. The van der Waals surface area contributed by atoms with Gasteiger partial charge in [-0.3, -0.25) is 5.01 Å². The first kappa shape index (κ1) is 4.43. The zero-order valence-electron chi connectivity index (χ0n) is 4.60. The van der Waals surface area contributed by atoms with Gasteiger partial charge in [-0.2, -0.15) is 5.10 Å². The van der Waals surface area contributed by atoms with Gasteiger partial charge in [-0.1, -0.05) is 0 Å². The number of hydrazone groups is 1. The Balaban J connectivity index is 2.50. The van der Waals surface area contributed by atoms with Crippen LogP contribution < -0.4 is 5.32 Å². The summed E-state index contributed by atoms with van der Waals surface area (Å²) in [5, 5.41) is 8.93. The zero-order valence-corrected chi connectivity index (χ0v) is 4.60. The molecule has 0 saturated carbocycles. The van der Waals surface area contributed by atoms with Crippen molar-refractivity contribution in [2.45, 2.75) is 6.92 Å². The van der Waals surface area contributed by atoms with Gasteiger partial charge in [0.05, 0.1) is 0 Å². The molecule has 1 aliphatic rings. The third kappa shape index (κ3) is 0.824. The minimum absolute atomic E-state index is 0.853. The predicted octanol–water partition coefficient (Wildman–Crippen LogP) is -0.188. The molecule has 0 saturated heterocycles. The molecular weight excluding hydrogens is 90.1 g/mol. The van der Waals surface area contributed by atoms with Gasteiger partial charge in [0, 0.05) is 7.05 Å². The molecule has 1 N–H and O–H groups in total. The standard InChI is InChI=1S/C4H9N3/c1-4-5-3-7(2)6-4/h3H2,1-2H3,(H,5,6). The van der Waals surface area contributed by atoms with Crippen LogP contribution in [-0.2, 0) is 0 Å². The summed E-state index contributed by atoms with van der Waals surface area (Å²) in [7, 11) is 1.93. The van der Waals surface area contributed by atoms with Crippen molar-refractivity contribution in [2.75, 3.05) is 13.7 Å². The molecule has 3 nitrogen and oxygen atoms in total. The summed E-state index contributed by atoms with van der Waals surface area (Å²) in [5.41, 5.74) is 0. The highest BCUT2D eigenvalue weighted by Crippen LogP contribution is 1.88. The summed E-state index contributed by atoms with van der Waals surface area (Å²) in [4.78, 5) is 0. The lowest BCUT2D eigenvalue weighted by atomic mass is 10.7. The number of hydrogen-bond acceptors (Lipinski definition) is 3. The molecular formula is C4H9N3. The van der Waals surface area contributed by atoms with Gasteiger partial charge in [-0.25, -0.2) is 0 Å². The van der Waals surface area contributed by atoms with Gasteiger partial charge in [0.1, 0.15) is 12.5 Å². The number of nitrogens with one attached hydrogen (secondary N) is 1. The second kappa shape index (κ2) is 1.40. The highest BCUT2D eigenvalue weighted by molar-refractivity contribution is 5.80. The van der Waals surface area contributed by atoms with Gasteiger partial charge in [0.2, 0.25) is 0 Å².